The van der Waals surface area contributed by atoms with Crippen LogP contribution in [0.15, 0.2) is 22.7 Å². The molecule has 1 aliphatic heterocycles. The average Bonchev–Trinajstić information content (AvgIpc) is 2.86. The number of piperazine rings is 1. The summed E-state index contributed by atoms with van der Waals surface area (Å²) in [5.41, 5.74) is 2.15. The van der Waals surface area contributed by atoms with E-state index in [0.29, 0.717) is 48.9 Å². The van der Waals surface area contributed by atoms with Crippen molar-refractivity contribution in [1.82, 2.24) is 9.88 Å². The molecule has 3 rings (SSSR count). The van der Waals surface area contributed by atoms with E-state index in [1.54, 1.807) is 18.3 Å². The van der Waals surface area contributed by atoms with Crippen LogP contribution in [0.25, 0.3) is 0 Å². The number of pyridine rings is 1. The van der Waals surface area contributed by atoms with Crippen molar-refractivity contribution >= 4 is 11.7 Å². The van der Waals surface area contributed by atoms with Crippen molar-refractivity contribution in [2.75, 3.05) is 31.1 Å². The standard InChI is InChI=1S/C18H20N4O2/c1-12-13(2)24-14(3)16(12)18(23)22-9-7-21(8-10-22)17-15(11-19)5-4-6-20-17/h4-6H,7-10H2,1-3H3. The summed E-state index contributed by atoms with van der Waals surface area (Å²) in [6, 6.07) is 5.70. The third-order valence-corrected chi connectivity index (χ3v) is 4.55. The summed E-state index contributed by atoms with van der Waals surface area (Å²) in [5, 5.41) is 9.21. The molecule has 124 valence electrons. The highest BCUT2D eigenvalue weighted by Gasteiger charge is 2.27. The maximum absolute atomic E-state index is 12.8. The van der Waals surface area contributed by atoms with Crippen molar-refractivity contribution in [3.05, 3.63) is 46.5 Å². The number of aryl methyl sites for hydroxylation is 2. The first kappa shape index (κ1) is 16.1. The number of hydrogen-bond donors (Lipinski definition) is 0. The summed E-state index contributed by atoms with van der Waals surface area (Å²) >= 11 is 0. The molecular formula is C18H20N4O2. The molecule has 0 N–H and O–H groups in total. The van der Waals surface area contributed by atoms with E-state index < -0.39 is 0 Å². The number of hydrogen-bond acceptors (Lipinski definition) is 5. The molecule has 1 aliphatic rings. The predicted molar refractivity (Wildman–Crippen MR) is 90.0 cm³/mol. The van der Waals surface area contributed by atoms with E-state index in [2.05, 4.69) is 16.0 Å². The second-order valence-electron chi connectivity index (χ2n) is 5.98. The van der Waals surface area contributed by atoms with Gasteiger partial charge in [-0.15, -0.1) is 0 Å². The Hall–Kier alpha value is -2.81. The predicted octanol–water partition coefficient (Wildman–Crippen LogP) is 2.43. The number of aromatic nitrogens is 1. The minimum absolute atomic E-state index is 0.0167. The van der Waals surface area contributed by atoms with Gasteiger partial charge in [0, 0.05) is 37.9 Å². The van der Waals surface area contributed by atoms with Gasteiger partial charge < -0.3 is 14.2 Å². The normalized spacial score (nSPS) is 14.6. The second-order valence-corrected chi connectivity index (χ2v) is 5.98. The summed E-state index contributed by atoms with van der Waals surface area (Å²) in [6.45, 7) is 8.14. The number of anilines is 1. The molecule has 0 saturated carbocycles. The Bertz CT molecular complexity index is 811. The Morgan fingerprint density at radius 1 is 1.21 bits per heavy atom. The molecule has 0 atom stereocenters. The summed E-state index contributed by atoms with van der Waals surface area (Å²) < 4.78 is 5.57. The third kappa shape index (κ3) is 2.73. The van der Waals surface area contributed by atoms with Gasteiger partial charge in [-0.3, -0.25) is 4.79 Å². The van der Waals surface area contributed by atoms with E-state index in [1.807, 2.05) is 25.7 Å². The van der Waals surface area contributed by atoms with Crippen LogP contribution in [-0.2, 0) is 0 Å². The van der Waals surface area contributed by atoms with E-state index in [4.69, 9.17) is 4.42 Å². The molecular weight excluding hydrogens is 304 g/mol. The molecule has 0 spiro atoms. The lowest BCUT2D eigenvalue weighted by molar-refractivity contribution is 0.0744. The minimum Gasteiger partial charge on any atom is -0.466 e. The molecule has 0 aliphatic carbocycles. The van der Waals surface area contributed by atoms with Crippen LogP contribution in [-0.4, -0.2) is 42.0 Å². The molecule has 6 heteroatoms. The second kappa shape index (κ2) is 6.36. The van der Waals surface area contributed by atoms with Gasteiger partial charge >= 0.3 is 0 Å². The van der Waals surface area contributed by atoms with Crippen molar-refractivity contribution in [2.45, 2.75) is 20.8 Å². The maximum Gasteiger partial charge on any atom is 0.257 e. The number of furan rings is 1. The highest BCUT2D eigenvalue weighted by Crippen LogP contribution is 2.24. The first-order valence-corrected chi connectivity index (χ1v) is 7.99. The molecule has 2 aromatic rings. The van der Waals surface area contributed by atoms with Crippen molar-refractivity contribution in [3.8, 4) is 6.07 Å². The summed E-state index contributed by atoms with van der Waals surface area (Å²) in [6.07, 6.45) is 1.69. The monoisotopic (exact) mass is 324 g/mol. The van der Waals surface area contributed by atoms with Crippen LogP contribution in [0.3, 0.4) is 0 Å². The molecule has 1 amide bonds. The summed E-state index contributed by atoms with van der Waals surface area (Å²) in [5.74, 6) is 2.18. The zero-order chi connectivity index (χ0) is 17.3. The maximum atomic E-state index is 12.8. The molecule has 0 aromatic carbocycles. The number of amides is 1. The smallest absolute Gasteiger partial charge is 0.257 e. The van der Waals surface area contributed by atoms with Crippen LogP contribution < -0.4 is 4.90 Å². The molecule has 0 bridgehead atoms. The quantitative estimate of drug-likeness (QED) is 0.848. The van der Waals surface area contributed by atoms with Crippen LogP contribution in [0.1, 0.15) is 33.0 Å². The Balaban J connectivity index is 1.73. The van der Waals surface area contributed by atoms with Crippen molar-refractivity contribution < 1.29 is 9.21 Å². The highest BCUT2D eigenvalue weighted by atomic mass is 16.3. The molecule has 6 nitrogen and oxygen atoms in total. The van der Waals surface area contributed by atoms with Gasteiger partial charge in [0.1, 0.15) is 23.4 Å². The molecule has 1 saturated heterocycles. The Morgan fingerprint density at radius 3 is 2.50 bits per heavy atom. The van der Waals surface area contributed by atoms with Crippen molar-refractivity contribution in [2.24, 2.45) is 0 Å². The molecule has 0 unspecified atom stereocenters. The number of carbonyl (C=O) groups excluding carboxylic acids is 1. The molecule has 3 heterocycles. The molecule has 2 aromatic heterocycles. The van der Waals surface area contributed by atoms with Crippen molar-refractivity contribution in [1.29, 1.82) is 5.26 Å². The fraction of sp³-hybridized carbons (Fsp3) is 0.389. The lowest BCUT2D eigenvalue weighted by atomic mass is 10.1. The zero-order valence-electron chi connectivity index (χ0n) is 14.2. The van der Waals surface area contributed by atoms with Crippen LogP contribution >= 0.6 is 0 Å². The van der Waals surface area contributed by atoms with Gasteiger partial charge in [-0.05, 0) is 32.9 Å². The van der Waals surface area contributed by atoms with E-state index in [0.717, 1.165) is 11.3 Å². The van der Waals surface area contributed by atoms with Gasteiger partial charge in [0.05, 0.1) is 11.1 Å². The molecule has 1 fully saturated rings. The Labute approximate surface area is 141 Å². The van der Waals surface area contributed by atoms with Gasteiger partial charge in [0.25, 0.3) is 5.91 Å². The molecule has 24 heavy (non-hydrogen) atoms. The van der Waals surface area contributed by atoms with Gasteiger partial charge in [-0.1, -0.05) is 0 Å². The number of nitriles is 1. The zero-order valence-corrected chi connectivity index (χ0v) is 14.2. The minimum atomic E-state index is 0.0167. The fourth-order valence-corrected chi connectivity index (χ4v) is 3.12. The topological polar surface area (TPSA) is 73.4 Å². The fourth-order valence-electron chi connectivity index (χ4n) is 3.12. The summed E-state index contributed by atoms with van der Waals surface area (Å²) in [4.78, 5) is 21.0. The van der Waals surface area contributed by atoms with Gasteiger partial charge in [0.2, 0.25) is 0 Å². The number of nitrogens with zero attached hydrogens (tertiary/aromatic N) is 4. The lowest BCUT2D eigenvalue weighted by Gasteiger charge is -2.35. The largest absolute Gasteiger partial charge is 0.466 e. The summed E-state index contributed by atoms with van der Waals surface area (Å²) in [7, 11) is 0. The third-order valence-electron chi connectivity index (χ3n) is 4.55. The van der Waals surface area contributed by atoms with Gasteiger partial charge in [-0.25, -0.2) is 4.98 Å². The van der Waals surface area contributed by atoms with Gasteiger partial charge in [-0.2, -0.15) is 5.26 Å². The van der Waals surface area contributed by atoms with E-state index in [9.17, 15) is 10.1 Å². The Kier molecular flexibility index (Phi) is 4.26. The number of carbonyl (C=O) groups is 1. The van der Waals surface area contributed by atoms with E-state index in [-0.39, 0.29) is 5.91 Å². The first-order valence-electron chi connectivity index (χ1n) is 7.99. The van der Waals surface area contributed by atoms with Crippen LogP contribution in [0.5, 0.6) is 0 Å². The SMILES string of the molecule is Cc1oc(C)c(C(=O)N2CCN(c3ncccc3C#N)CC2)c1C. The lowest BCUT2D eigenvalue weighted by Crippen LogP contribution is -2.49. The first-order chi connectivity index (χ1) is 11.5. The highest BCUT2D eigenvalue weighted by molar-refractivity contribution is 5.97. The van der Waals surface area contributed by atoms with Crippen LogP contribution in [0, 0.1) is 32.1 Å². The van der Waals surface area contributed by atoms with Crippen LogP contribution in [0.2, 0.25) is 0 Å². The van der Waals surface area contributed by atoms with E-state index in [1.165, 1.54) is 0 Å². The molecule has 0 radical (unpaired) electrons. The van der Waals surface area contributed by atoms with Crippen LogP contribution in [0.4, 0.5) is 5.82 Å². The van der Waals surface area contributed by atoms with Crippen molar-refractivity contribution in [3.63, 3.8) is 0 Å². The Morgan fingerprint density at radius 2 is 1.92 bits per heavy atom. The number of rotatable bonds is 2. The average molecular weight is 324 g/mol. The van der Waals surface area contributed by atoms with E-state index >= 15 is 0 Å². The van der Waals surface area contributed by atoms with Gasteiger partial charge in [0.15, 0.2) is 0 Å².